The van der Waals surface area contributed by atoms with E-state index in [9.17, 15) is 4.79 Å². The Labute approximate surface area is 142 Å². The molecule has 1 fully saturated rings. The second-order valence-electron chi connectivity index (χ2n) is 6.04. The average Bonchev–Trinajstić information content (AvgIpc) is 2.62. The summed E-state index contributed by atoms with van der Waals surface area (Å²) in [7, 11) is 1.85. The lowest BCUT2D eigenvalue weighted by Gasteiger charge is -2.31. The van der Waals surface area contributed by atoms with Crippen molar-refractivity contribution in [3.63, 3.8) is 0 Å². The highest BCUT2D eigenvalue weighted by Crippen LogP contribution is 2.22. The maximum atomic E-state index is 11.9. The van der Waals surface area contributed by atoms with Crippen LogP contribution >= 0.6 is 0 Å². The van der Waals surface area contributed by atoms with Gasteiger partial charge in [-0.25, -0.2) is 15.4 Å². The molecule has 2 rings (SSSR count). The number of nitriles is 1. The van der Waals surface area contributed by atoms with Gasteiger partial charge < -0.3 is 10.2 Å². The molecule has 1 atom stereocenters. The molecule has 8 nitrogen and oxygen atoms in total. The van der Waals surface area contributed by atoms with Gasteiger partial charge in [0.05, 0.1) is 24.6 Å². The summed E-state index contributed by atoms with van der Waals surface area (Å²) in [5.41, 5.74) is 2.96. The molecule has 0 saturated carbocycles. The van der Waals surface area contributed by atoms with Crippen molar-refractivity contribution in [2.45, 2.75) is 32.2 Å². The van der Waals surface area contributed by atoms with Crippen LogP contribution in [-0.2, 0) is 9.63 Å². The lowest BCUT2D eigenvalue weighted by Crippen LogP contribution is -2.37. The Kier molecular flexibility index (Phi) is 6.90. The molecule has 130 valence electrons. The molecule has 8 heteroatoms. The monoisotopic (exact) mass is 332 g/mol. The summed E-state index contributed by atoms with van der Waals surface area (Å²) in [6.07, 6.45) is 5.35. The van der Waals surface area contributed by atoms with Crippen LogP contribution in [0.15, 0.2) is 12.4 Å². The minimum Gasteiger partial charge on any atom is -0.341 e. The number of nitrogens with zero attached hydrogens (tertiary/aromatic N) is 4. The lowest BCUT2D eigenvalue weighted by atomic mass is 9.93. The zero-order chi connectivity index (χ0) is 17.4. The molecule has 1 aliphatic rings. The number of hydrogen-bond acceptors (Lipinski definition) is 7. The molecule has 2 heterocycles. The molecule has 0 unspecified atom stereocenters. The highest BCUT2D eigenvalue weighted by atomic mass is 16.7. The van der Waals surface area contributed by atoms with E-state index in [0.29, 0.717) is 30.5 Å². The summed E-state index contributed by atoms with van der Waals surface area (Å²) in [5.74, 6) is 0.901. The standard InChI is InChI=1S/C16H24N6O2/c1-12(18-2)11-24-21-15(23)7-13-3-5-22(6-4-13)16-19-9-14(8-17)10-20-16/h9-10,12-13,18H,3-7,11H2,1-2H3,(H,21,23)/t12-/m0/s1. The molecule has 1 saturated heterocycles. The molecular formula is C16H24N6O2. The van der Waals surface area contributed by atoms with E-state index in [1.807, 2.05) is 20.0 Å². The van der Waals surface area contributed by atoms with Gasteiger partial charge in [0, 0.05) is 25.6 Å². The summed E-state index contributed by atoms with van der Waals surface area (Å²) in [4.78, 5) is 27.6. The molecule has 0 radical (unpaired) electrons. The fourth-order valence-corrected chi connectivity index (χ4v) is 2.51. The molecule has 24 heavy (non-hydrogen) atoms. The van der Waals surface area contributed by atoms with Gasteiger partial charge in [-0.3, -0.25) is 9.63 Å². The summed E-state index contributed by atoms with van der Waals surface area (Å²) in [6, 6.07) is 2.20. The fourth-order valence-electron chi connectivity index (χ4n) is 2.51. The molecule has 0 aliphatic carbocycles. The van der Waals surface area contributed by atoms with Gasteiger partial charge in [-0.1, -0.05) is 0 Å². The number of piperidine rings is 1. The van der Waals surface area contributed by atoms with Crippen molar-refractivity contribution in [3.05, 3.63) is 18.0 Å². The van der Waals surface area contributed by atoms with E-state index in [-0.39, 0.29) is 11.9 Å². The van der Waals surface area contributed by atoms with Gasteiger partial charge in [0.25, 0.3) is 0 Å². The second-order valence-corrected chi connectivity index (χ2v) is 6.04. The highest BCUT2D eigenvalue weighted by Gasteiger charge is 2.23. The van der Waals surface area contributed by atoms with Crippen molar-refractivity contribution in [3.8, 4) is 6.07 Å². The van der Waals surface area contributed by atoms with Crippen molar-refractivity contribution in [1.82, 2.24) is 20.8 Å². The third-order valence-electron chi connectivity index (χ3n) is 4.15. The van der Waals surface area contributed by atoms with Gasteiger partial charge >= 0.3 is 0 Å². The number of rotatable bonds is 7. The largest absolute Gasteiger partial charge is 0.341 e. The minimum atomic E-state index is -0.0774. The van der Waals surface area contributed by atoms with E-state index in [4.69, 9.17) is 10.1 Å². The predicted octanol–water partition coefficient (Wildman–Crippen LogP) is 0.610. The SMILES string of the molecule is CN[C@@H](C)CONC(=O)CC1CCN(c2ncc(C#N)cn2)CC1. The third-order valence-corrected chi connectivity index (χ3v) is 4.15. The average molecular weight is 332 g/mol. The third kappa shape index (κ3) is 5.44. The second kappa shape index (κ2) is 9.15. The van der Waals surface area contributed by atoms with Crippen LogP contribution in [0.1, 0.15) is 31.7 Å². The Morgan fingerprint density at radius 3 is 2.71 bits per heavy atom. The number of carbonyl (C=O) groups excluding carboxylic acids is 1. The van der Waals surface area contributed by atoms with Crippen LogP contribution in [0.5, 0.6) is 0 Å². The fraction of sp³-hybridized carbons (Fsp3) is 0.625. The minimum absolute atomic E-state index is 0.0774. The van der Waals surface area contributed by atoms with Crippen molar-refractivity contribution in [2.24, 2.45) is 5.92 Å². The van der Waals surface area contributed by atoms with E-state index < -0.39 is 0 Å². The summed E-state index contributed by atoms with van der Waals surface area (Å²) in [6.45, 7) is 4.03. The molecule has 0 bridgehead atoms. The van der Waals surface area contributed by atoms with Crippen molar-refractivity contribution >= 4 is 11.9 Å². The Morgan fingerprint density at radius 1 is 1.46 bits per heavy atom. The molecule has 1 aliphatic heterocycles. The van der Waals surface area contributed by atoms with E-state index in [0.717, 1.165) is 25.9 Å². The molecule has 0 spiro atoms. The van der Waals surface area contributed by atoms with Gasteiger partial charge in [0.2, 0.25) is 11.9 Å². The van der Waals surface area contributed by atoms with Gasteiger partial charge in [-0.05, 0) is 32.7 Å². The quantitative estimate of drug-likeness (QED) is 0.705. The van der Waals surface area contributed by atoms with Crippen LogP contribution in [0.4, 0.5) is 5.95 Å². The van der Waals surface area contributed by atoms with Crippen LogP contribution < -0.4 is 15.7 Å². The van der Waals surface area contributed by atoms with Crippen molar-refractivity contribution in [1.29, 1.82) is 5.26 Å². The Hall–Kier alpha value is -2.24. The molecular weight excluding hydrogens is 308 g/mol. The first kappa shape index (κ1) is 18.1. The number of nitrogens with one attached hydrogen (secondary N) is 2. The van der Waals surface area contributed by atoms with Crippen molar-refractivity contribution in [2.75, 3.05) is 31.6 Å². The van der Waals surface area contributed by atoms with Gasteiger partial charge in [0.1, 0.15) is 6.07 Å². The summed E-state index contributed by atoms with van der Waals surface area (Å²) in [5, 5.41) is 11.8. The highest BCUT2D eigenvalue weighted by molar-refractivity contribution is 5.75. The number of aromatic nitrogens is 2. The number of hydrogen-bond donors (Lipinski definition) is 2. The normalized spacial score (nSPS) is 16.5. The molecule has 2 N–H and O–H groups in total. The van der Waals surface area contributed by atoms with Crippen LogP contribution in [0, 0.1) is 17.2 Å². The first-order chi connectivity index (χ1) is 11.6. The van der Waals surface area contributed by atoms with E-state index >= 15 is 0 Å². The molecule has 1 amide bonds. The maximum Gasteiger partial charge on any atom is 0.243 e. The van der Waals surface area contributed by atoms with Crippen LogP contribution in [0.3, 0.4) is 0 Å². The Balaban J connectivity index is 1.70. The summed E-state index contributed by atoms with van der Waals surface area (Å²) < 4.78 is 0. The lowest BCUT2D eigenvalue weighted by molar-refractivity contribution is -0.135. The zero-order valence-corrected chi connectivity index (χ0v) is 14.2. The molecule has 1 aromatic rings. The number of amides is 1. The first-order valence-electron chi connectivity index (χ1n) is 8.17. The van der Waals surface area contributed by atoms with E-state index in [2.05, 4.69) is 25.7 Å². The number of carbonyl (C=O) groups is 1. The summed E-state index contributed by atoms with van der Waals surface area (Å²) >= 11 is 0. The first-order valence-corrected chi connectivity index (χ1v) is 8.17. The number of likely N-dealkylation sites (N-methyl/N-ethyl adjacent to an activating group) is 1. The van der Waals surface area contributed by atoms with Gasteiger partial charge in [-0.2, -0.15) is 5.26 Å². The van der Waals surface area contributed by atoms with Gasteiger partial charge in [0.15, 0.2) is 0 Å². The van der Waals surface area contributed by atoms with E-state index in [1.54, 1.807) is 0 Å². The molecule has 1 aromatic heterocycles. The van der Waals surface area contributed by atoms with Crippen molar-refractivity contribution < 1.29 is 9.63 Å². The van der Waals surface area contributed by atoms with Gasteiger partial charge in [-0.15, -0.1) is 0 Å². The number of anilines is 1. The Bertz CT molecular complexity index is 563. The topological polar surface area (TPSA) is 103 Å². The predicted molar refractivity (Wildman–Crippen MR) is 88.9 cm³/mol. The smallest absolute Gasteiger partial charge is 0.243 e. The molecule has 0 aromatic carbocycles. The zero-order valence-electron chi connectivity index (χ0n) is 14.2. The number of hydroxylamine groups is 1. The Morgan fingerprint density at radius 2 is 2.12 bits per heavy atom. The van der Waals surface area contributed by atoms with Crippen LogP contribution in [0.2, 0.25) is 0 Å². The maximum absolute atomic E-state index is 11.9. The van der Waals surface area contributed by atoms with E-state index in [1.165, 1.54) is 12.4 Å². The van der Waals surface area contributed by atoms with Crippen LogP contribution in [0.25, 0.3) is 0 Å². The van der Waals surface area contributed by atoms with Crippen LogP contribution in [-0.4, -0.2) is 48.7 Å².